The number of nitriles is 1. The van der Waals surface area contributed by atoms with Gasteiger partial charge in [0.15, 0.2) is 0 Å². The molecule has 0 saturated heterocycles. The SMILES string of the molecule is CCc1ccc(CC2(C#N)CCC(CC)CC2)s1. The van der Waals surface area contributed by atoms with Crippen LogP contribution in [0, 0.1) is 22.7 Å². The van der Waals surface area contributed by atoms with Crippen molar-refractivity contribution in [3.8, 4) is 6.07 Å². The summed E-state index contributed by atoms with van der Waals surface area (Å²) >= 11 is 1.90. The van der Waals surface area contributed by atoms with Gasteiger partial charge in [-0.2, -0.15) is 5.26 Å². The molecule has 0 aromatic carbocycles. The first-order valence-corrected chi connectivity index (χ1v) is 8.02. The molecule has 1 heterocycles. The minimum atomic E-state index is -0.0679. The maximum atomic E-state index is 9.58. The Morgan fingerprint density at radius 2 is 1.94 bits per heavy atom. The maximum absolute atomic E-state index is 9.58. The first-order valence-electron chi connectivity index (χ1n) is 7.20. The van der Waals surface area contributed by atoms with E-state index in [1.54, 1.807) is 0 Å². The van der Waals surface area contributed by atoms with E-state index in [4.69, 9.17) is 0 Å². The third kappa shape index (κ3) is 2.95. The molecule has 0 unspecified atom stereocenters. The zero-order valence-corrected chi connectivity index (χ0v) is 12.4. The van der Waals surface area contributed by atoms with Gasteiger partial charge < -0.3 is 0 Å². The third-order valence-corrected chi connectivity index (χ3v) is 5.68. The molecule has 0 N–H and O–H groups in total. The fourth-order valence-electron chi connectivity index (χ4n) is 3.01. The molecule has 0 aliphatic heterocycles. The summed E-state index contributed by atoms with van der Waals surface area (Å²) < 4.78 is 0. The largest absolute Gasteiger partial charge is 0.198 e. The average Bonchev–Trinajstić information content (AvgIpc) is 2.87. The van der Waals surface area contributed by atoms with Gasteiger partial charge in [-0.25, -0.2) is 0 Å². The van der Waals surface area contributed by atoms with Crippen molar-refractivity contribution < 1.29 is 0 Å². The van der Waals surface area contributed by atoms with Crippen molar-refractivity contribution in [2.45, 2.75) is 58.8 Å². The highest BCUT2D eigenvalue weighted by atomic mass is 32.1. The van der Waals surface area contributed by atoms with Crippen LogP contribution in [0.15, 0.2) is 12.1 Å². The van der Waals surface area contributed by atoms with E-state index in [9.17, 15) is 5.26 Å². The molecule has 0 radical (unpaired) electrons. The average molecular weight is 261 g/mol. The Balaban J connectivity index is 2.03. The minimum absolute atomic E-state index is 0.0679. The molecule has 0 atom stereocenters. The first kappa shape index (κ1) is 13.6. The Hall–Kier alpha value is -0.810. The highest BCUT2D eigenvalue weighted by Gasteiger charge is 2.35. The van der Waals surface area contributed by atoms with Gasteiger partial charge in [-0.05, 0) is 50.2 Å². The molecule has 98 valence electrons. The summed E-state index contributed by atoms with van der Waals surface area (Å²) in [5.41, 5.74) is -0.0679. The normalized spacial score (nSPS) is 27.9. The minimum Gasteiger partial charge on any atom is -0.198 e. The molecule has 1 saturated carbocycles. The lowest BCUT2D eigenvalue weighted by molar-refractivity contribution is 0.206. The molecule has 1 nitrogen and oxygen atoms in total. The van der Waals surface area contributed by atoms with E-state index in [1.165, 1.54) is 29.0 Å². The van der Waals surface area contributed by atoms with Crippen LogP contribution in [0.4, 0.5) is 0 Å². The molecule has 0 bridgehead atoms. The van der Waals surface area contributed by atoms with Crippen molar-refractivity contribution in [1.82, 2.24) is 0 Å². The Morgan fingerprint density at radius 3 is 2.44 bits per heavy atom. The van der Waals surface area contributed by atoms with Crippen LogP contribution in [0.2, 0.25) is 0 Å². The molecule has 0 amide bonds. The Bertz CT molecular complexity index is 419. The number of thiophene rings is 1. The second-order valence-electron chi connectivity index (χ2n) is 5.64. The molecule has 1 aromatic rings. The van der Waals surface area contributed by atoms with Gasteiger partial charge in [-0.3, -0.25) is 0 Å². The topological polar surface area (TPSA) is 23.8 Å². The summed E-state index contributed by atoms with van der Waals surface area (Å²) in [6.07, 6.45) is 8.06. The highest BCUT2D eigenvalue weighted by Crippen LogP contribution is 2.42. The van der Waals surface area contributed by atoms with Crippen LogP contribution in [0.25, 0.3) is 0 Å². The van der Waals surface area contributed by atoms with Crippen molar-refractivity contribution in [3.05, 3.63) is 21.9 Å². The second kappa shape index (κ2) is 5.89. The molecule has 1 fully saturated rings. The fourth-order valence-corrected chi connectivity index (χ4v) is 4.11. The molecule has 18 heavy (non-hydrogen) atoms. The predicted octanol–water partition coefficient (Wildman–Crippen LogP) is 4.96. The van der Waals surface area contributed by atoms with Crippen LogP contribution in [-0.2, 0) is 12.8 Å². The van der Waals surface area contributed by atoms with Crippen LogP contribution >= 0.6 is 11.3 Å². The van der Waals surface area contributed by atoms with Crippen molar-refractivity contribution in [2.24, 2.45) is 11.3 Å². The molecule has 1 aromatic heterocycles. The number of hydrogen-bond donors (Lipinski definition) is 0. The van der Waals surface area contributed by atoms with Gasteiger partial charge in [-0.15, -0.1) is 11.3 Å². The van der Waals surface area contributed by atoms with E-state index >= 15 is 0 Å². The molecular formula is C16H23NS. The number of hydrogen-bond acceptors (Lipinski definition) is 2. The van der Waals surface area contributed by atoms with Crippen molar-refractivity contribution in [3.63, 3.8) is 0 Å². The molecule has 1 aliphatic rings. The first-order chi connectivity index (χ1) is 8.71. The number of rotatable bonds is 4. The Morgan fingerprint density at radius 1 is 1.28 bits per heavy atom. The highest BCUT2D eigenvalue weighted by molar-refractivity contribution is 7.11. The quantitative estimate of drug-likeness (QED) is 0.751. The fraction of sp³-hybridized carbons (Fsp3) is 0.688. The predicted molar refractivity (Wildman–Crippen MR) is 77.7 cm³/mol. The number of nitrogens with zero attached hydrogens (tertiary/aromatic N) is 1. The summed E-state index contributed by atoms with van der Waals surface area (Å²) in [6, 6.07) is 7.10. The van der Waals surface area contributed by atoms with Gasteiger partial charge >= 0.3 is 0 Å². The van der Waals surface area contributed by atoms with E-state index in [0.29, 0.717) is 0 Å². The summed E-state index contributed by atoms with van der Waals surface area (Å²) in [5, 5.41) is 9.58. The third-order valence-electron chi connectivity index (χ3n) is 4.46. The van der Waals surface area contributed by atoms with Crippen LogP contribution < -0.4 is 0 Å². The summed E-state index contributed by atoms with van der Waals surface area (Å²) in [7, 11) is 0. The summed E-state index contributed by atoms with van der Waals surface area (Å²) in [5.74, 6) is 0.862. The van der Waals surface area contributed by atoms with Gasteiger partial charge in [-0.1, -0.05) is 20.3 Å². The van der Waals surface area contributed by atoms with E-state index in [-0.39, 0.29) is 5.41 Å². The van der Waals surface area contributed by atoms with E-state index in [1.807, 2.05) is 11.3 Å². The molecule has 2 rings (SSSR count). The second-order valence-corrected chi connectivity index (χ2v) is 6.89. The summed E-state index contributed by atoms with van der Waals surface area (Å²) in [4.78, 5) is 2.85. The Kier molecular flexibility index (Phi) is 4.45. The van der Waals surface area contributed by atoms with Crippen LogP contribution in [0.1, 0.15) is 55.7 Å². The maximum Gasteiger partial charge on any atom is 0.0693 e. The van der Waals surface area contributed by atoms with Gasteiger partial charge in [0, 0.05) is 16.2 Å². The number of aryl methyl sites for hydroxylation is 1. The van der Waals surface area contributed by atoms with Gasteiger partial charge in [0.2, 0.25) is 0 Å². The standard InChI is InChI=1S/C16H23NS/c1-3-13-7-9-16(12-17,10-8-13)11-15-6-5-14(4-2)18-15/h5-6,13H,3-4,7-11H2,1-2H3. The smallest absolute Gasteiger partial charge is 0.0693 e. The molecule has 1 aliphatic carbocycles. The zero-order valence-electron chi connectivity index (χ0n) is 11.5. The monoisotopic (exact) mass is 261 g/mol. The van der Waals surface area contributed by atoms with Crippen LogP contribution in [0.3, 0.4) is 0 Å². The van der Waals surface area contributed by atoms with Crippen LogP contribution in [0.5, 0.6) is 0 Å². The van der Waals surface area contributed by atoms with Crippen molar-refractivity contribution in [1.29, 1.82) is 5.26 Å². The zero-order chi connectivity index (χ0) is 13.0. The van der Waals surface area contributed by atoms with Gasteiger partial charge in [0.1, 0.15) is 0 Å². The Labute approximate surface area is 115 Å². The lowest BCUT2D eigenvalue weighted by Gasteiger charge is -2.34. The van der Waals surface area contributed by atoms with Gasteiger partial charge in [0.25, 0.3) is 0 Å². The van der Waals surface area contributed by atoms with E-state index in [0.717, 1.165) is 31.6 Å². The van der Waals surface area contributed by atoms with Gasteiger partial charge in [0.05, 0.1) is 11.5 Å². The van der Waals surface area contributed by atoms with E-state index < -0.39 is 0 Å². The van der Waals surface area contributed by atoms with Crippen molar-refractivity contribution >= 4 is 11.3 Å². The lowest BCUT2D eigenvalue weighted by atomic mass is 9.69. The van der Waals surface area contributed by atoms with Crippen LogP contribution in [-0.4, -0.2) is 0 Å². The molecule has 2 heteroatoms. The lowest BCUT2D eigenvalue weighted by Crippen LogP contribution is -2.27. The van der Waals surface area contributed by atoms with E-state index in [2.05, 4.69) is 32.0 Å². The molecular weight excluding hydrogens is 238 g/mol. The summed E-state index contributed by atoms with van der Waals surface area (Å²) in [6.45, 7) is 4.47. The van der Waals surface area contributed by atoms with Crippen molar-refractivity contribution in [2.75, 3.05) is 0 Å². The molecule has 0 spiro atoms.